The van der Waals surface area contributed by atoms with Gasteiger partial charge in [0.1, 0.15) is 0 Å². The van der Waals surface area contributed by atoms with Crippen molar-refractivity contribution in [1.82, 2.24) is 0 Å². The molecule has 2 rings (SSSR count). The summed E-state index contributed by atoms with van der Waals surface area (Å²) in [5, 5.41) is 11.1. The van der Waals surface area contributed by atoms with Crippen molar-refractivity contribution in [2.24, 2.45) is 5.92 Å². The highest BCUT2D eigenvalue weighted by Crippen LogP contribution is 2.54. The van der Waals surface area contributed by atoms with Crippen LogP contribution in [0, 0.1) is 5.92 Å². The van der Waals surface area contributed by atoms with Gasteiger partial charge in [0, 0.05) is 9.79 Å². The minimum Gasteiger partial charge on any atom is -0.388 e. The van der Waals surface area contributed by atoms with Gasteiger partial charge in [-0.25, -0.2) is 0 Å². The number of benzene rings is 2. The molecule has 0 aliphatic rings. The van der Waals surface area contributed by atoms with Crippen LogP contribution >= 0.6 is 23.5 Å². The molecule has 0 fully saturated rings. The zero-order valence-electron chi connectivity index (χ0n) is 15.0. The Balaban J connectivity index is 2.38. The molecule has 2 aromatic rings. The molecule has 0 radical (unpaired) electrons. The quantitative estimate of drug-likeness (QED) is 0.430. The summed E-state index contributed by atoms with van der Waals surface area (Å²) in [6.07, 6.45) is 2.04. The van der Waals surface area contributed by atoms with E-state index >= 15 is 0 Å². The Morgan fingerprint density at radius 1 is 0.833 bits per heavy atom. The predicted octanol–water partition coefficient (Wildman–Crippen LogP) is 6.47. The van der Waals surface area contributed by atoms with Gasteiger partial charge < -0.3 is 5.11 Å². The third kappa shape index (κ3) is 5.30. The van der Waals surface area contributed by atoms with E-state index in [9.17, 15) is 5.11 Å². The molecular formula is C21H28OS2. The average molecular weight is 361 g/mol. The van der Waals surface area contributed by atoms with Crippen molar-refractivity contribution in [3.63, 3.8) is 0 Å². The molecule has 3 heteroatoms. The molecule has 1 N–H and O–H groups in total. The van der Waals surface area contributed by atoms with Crippen LogP contribution in [0.4, 0.5) is 0 Å². The molecule has 0 aromatic heterocycles. The molecule has 1 nitrogen and oxygen atoms in total. The van der Waals surface area contributed by atoms with E-state index in [0.29, 0.717) is 5.92 Å². The Bertz CT molecular complexity index is 561. The highest BCUT2D eigenvalue weighted by Gasteiger charge is 2.45. The Labute approximate surface area is 155 Å². The van der Waals surface area contributed by atoms with Gasteiger partial charge in [0.15, 0.2) is 0 Å². The van der Waals surface area contributed by atoms with E-state index in [0.717, 1.165) is 12.8 Å². The molecule has 0 heterocycles. The summed E-state index contributed by atoms with van der Waals surface area (Å²) < 4.78 is -0.333. The minimum atomic E-state index is -0.817. The minimum absolute atomic E-state index is 0.333. The number of thioether (sulfide) groups is 2. The van der Waals surface area contributed by atoms with Gasteiger partial charge in [-0.15, -0.1) is 23.5 Å². The molecule has 0 atom stereocenters. The molecule has 130 valence electrons. The van der Waals surface area contributed by atoms with Crippen LogP contribution in [0.5, 0.6) is 0 Å². The smallest absolute Gasteiger partial charge is 0.0984 e. The molecule has 0 aliphatic heterocycles. The molecule has 0 aliphatic carbocycles. The van der Waals surface area contributed by atoms with Crippen molar-refractivity contribution >= 4 is 23.5 Å². The zero-order valence-corrected chi connectivity index (χ0v) is 16.7. The SMILES string of the molecule is CC(C)CCC(Sc1ccccc1)(Sc1ccccc1)C(C)(C)O. The van der Waals surface area contributed by atoms with Crippen LogP contribution in [0.2, 0.25) is 0 Å². The van der Waals surface area contributed by atoms with Crippen LogP contribution in [-0.2, 0) is 0 Å². The summed E-state index contributed by atoms with van der Waals surface area (Å²) in [6.45, 7) is 8.38. The highest BCUT2D eigenvalue weighted by molar-refractivity contribution is 8.18. The van der Waals surface area contributed by atoms with Crippen LogP contribution < -0.4 is 0 Å². The molecule has 0 unspecified atom stereocenters. The van der Waals surface area contributed by atoms with E-state index in [1.807, 2.05) is 26.0 Å². The van der Waals surface area contributed by atoms with Crippen LogP contribution in [0.15, 0.2) is 70.5 Å². The first-order chi connectivity index (χ1) is 11.3. The molecule has 0 amide bonds. The second-order valence-electron chi connectivity index (χ2n) is 7.07. The number of aliphatic hydroxyl groups is 1. The van der Waals surface area contributed by atoms with Gasteiger partial charge in [-0.3, -0.25) is 0 Å². The molecule has 2 aromatic carbocycles. The van der Waals surface area contributed by atoms with Crippen molar-refractivity contribution in [2.45, 2.75) is 60.0 Å². The monoisotopic (exact) mass is 360 g/mol. The lowest BCUT2D eigenvalue weighted by atomic mass is 9.96. The van der Waals surface area contributed by atoms with Crippen LogP contribution in [0.3, 0.4) is 0 Å². The zero-order chi connectivity index (χ0) is 17.6. The number of hydrogen-bond donors (Lipinski definition) is 1. The van der Waals surface area contributed by atoms with Gasteiger partial charge in [0.2, 0.25) is 0 Å². The van der Waals surface area contributed by atoms with Gasteiger partial charge in [-0.05, 0) is 56.9 Å². The van der Waals surface area contributed by atoms with Crippen molar-refractivity contribution in [3.8, 4) is 0 Å². The van der Waals surface area contributed by atoms with Crippen LogP contribution in [-0.4, -0.2) is 14.8 Å². The third-order valence-electron chi connectivity index (χ3n) is 4.03. The standard InChI is InChI=1S/C21H28OS2/c1-17(2)15-16-21(20(3,4)22,23-18-11-7-5-8-12-18)24-19-13-9-6-10-14-19/h5-14,17,22H,15-16H2,1-4H3. The van der Waals surface area contributed by atoms with Crippen molar-refractivity contribution in [2.75, 3.05) is 0 Å². The first-order valence-electron chi connectivity index (χ1n) is 8.53. The predicted molar refractivity (Wildman–Crippen MR) is 108 cm³/mol. The van der Waals surface area contributed by atoms with Crippen molar-refractivity contribution in [1.29, 1.82) is 0 Å². The molecule has 0 bridgehead atoms. The fourth-order valence-corrected chi connectivity index (χ4v) is 5.55. The first-order valence-corrected chi connectivity index (χ1v) is 10.2. The van der Waals surface area contributed by atoms with Crippen LogP contribution in [0.25, 0.3) is 0 Å². The van der Waals surface area contributed by atoms with E-state index < -0.39 is 5.60 Å². The molecule has 24 heavy (non-hydrogen) atoms. The van der Waals surface area contributed by atoms with Crippen LogP contribution in [0.1, 0.15) is 40.5 Å². The van der Waals surface area contributed by atoms with Gasteiger partial charge in [-0.2, -0.15) is 0 Å². The van der Waals surface area contributed by atoms with Crippen molar-refractivity contribution in [3.05, 3.63) is 60.7 Å². The summed E-state index contributed by atoms with van der Waals surface area (Å²) in [5.41, 5.74) is -0.817. The van der Waals surface area contributed by atoms with Gasteiger partial charge >= 0.3 is 0 Å². The largest absolute Gasteiger partial charge is 0.388 e. The third-order valence-corrected chi connectivity index (χ3v) is 7.62. The molecule has 0 saturated heterocycles. The Morgan fingerprint density at radius 2 is 1.25 bits per heavy atom. The summed E-state index contributed by atoms with van der Waals surface area (Å²) >= 11 is 3.59. The highest BCUT2D eigenvalue weighted by atomic mass is 32.2. The second kappa shape index (κ2) is 8.46. The lowest BCUT2D eigenvalue weighted by Crippen LogP contribution is -2.44. The Kier molecular flexibility index (Phi) is 6.85. The summed E-state index contributed by atoms with van der Waals surface area (Å²) in [6, 6.07) is 20.8. The fourth-order valence-electron chi connectivity index (χ4n) is 2.52. The maximum absolute atomic E-state index is 11.1. The average Bonchev–Trinajstić information content (AvgIpc) is 2.53. The first kappa shape index (κ1) is 19.4. The van der Waals surface area contributed by atoms with E-state index in [1.54, 1.807) is 23.5 Å². The summed E-state index contributed by atoms with van der Waals surface area (Å²) in [7, 11) is 0. The second-order valence-corrected chi connectivity index (χ2v) is 10.1. The Morgan fingerprint density at radius 3 is 1.58 bits per heavy atom. The Hall–Kier alpha value is -0.900. The maximum Gasteiger partial charge on any atom is 0.0984 e. The van der Waals surface area contributed by atoms with Crippen molar-refractivity contribution < 1.29 is 5.11 Å². The van der Waals surface area contributed by atoms with E-state index in [2.05, 4.69) is 62.4 Å². The number of rotatable bonds is 8. The summed E-state index contributed by atoms with van der Waals surface area (Å²) in [5.74, 6) is 0.611. The lowest BCUT2D eigenvalue weighted by molar-refractivity contribution is 0.0627. The van der Waals surface area contributed by atoms with Gasteiger partial charge in [-0.1, -0.05) is 50.2 Å². The lowest BCUT2D eigenvalue weighted by Gasteiger charge is -2.43. The molecular weight excluding hydrogens is 332 g/mol. The number of hydrogen-bond acceptors (Lipinski definition) is 3. The van der Waals surface area contributed by atoms with Gasteiger partial charge in [0.25, 0.3) is 0 Å². The normalized spacial score (nSPS) is 12.6. The molecule has 0 spiro atoms. The fraction of sp³-hybridized carbons (Fsp3) is 0.429. The molecule has 0 saturated carbocycles. The van der Waals surface area contributed by atoms with E-state index in [-0.39, 0.29) is 4.08 Å². The summed E-state index contributed by atoms with van der Waals surface area (Å²) in [4.78, 5) is 2.40. The van der Waals surface area contributed by atoms with E-state index in [4.69, 9.17) is 0 Å². The van der Waals surface area contributed by atoms with Gasteiger partial charge in [0.05, 0.1) is 9.68 Å². The maximum atomic E-state index is 11.1. The topological polar surface area (TPSA) is 20.2 Å². The van der Waals surface area contributed by atoms with E-state index in [1.165, 1.54) is 9.79 Å².